The molecule has 6 heteroatoms. The molecule has 27 heavy (non-hydrogen) atoms. The highest BCUT2D eigenvalue weighted by molar-refractivity contribution is 7.98. The Morgan fingerprint density at radius 1 is 1.19 bits per heavy atom. The van der Waals surface area contributed by atoms with Crippen molar-refractivity contribution < 1.29 is 9.53 Å². The number of amides is 1. The molecule has 0 heterocycles. The normalized spacial score (nSPS) is 11.9. The fraction of sp³-hybridized carbons (Fsp3) is 0.381. The molecule has 3 nitrogen and oxygen atoms in total. The van der Waals surface area contributed by atoms with E-state index in [2.05, 4.69) is 11.4 Å². The van der Waals surface area contributed by atoms with E-state index in [1.807, 2.05) is 45.0 Å². The molecule has 0 radical (unpaired) electrons. The summed E-state index contributed by atoms with van der Waals surface area (Å²) in [6, 6.07) is 11.5. The predicted octanol–water partition coefficient (Wildman–Crippen LogP) is 5.82. The summed E-state index contributed by atoms with van der Waals surface area (Å²) in [6.45, 7) is 6.56. The summed E-state index contributed by atoms with van der Waals surface area (Å²) >= 11 is 13.8. The molecule has 0 saturated heterocycles. The van der Waals surface area contributed by atoms with Crippen LogP contribution in [0.4, 0.5) is 0 Å². The van der Waals surface area contributed by atoms with Crippen molar-refractivity contribution in [2.75, 3.05) is 12.3 Å². The van der Waals surface area contributed by atoms with Crippen LogP contribution in [-0.2, 0) is 10.5 Å². The van der Waals surface area contributed by atoms with Gasteiger partial charge in [-0.25, -0.2) is 0 Å². The van der Waals surface area contributed by atoms with Crippen LogP contribution >= 0.6 is 35.0 Å². The maximum absolute atomic E-state index is 12.4. The Hall–Kier alpha value is -1.36. The first kappa shape index (κ1) is 21.9. The number of halogens is 2. The first-order chi connectivity index (χ1) is 12.9. The number of carbonyl (C=O) groups excluding carboxylic acids is 1. The molecule has 0 aliphatic heterocycles. The third kappa shape index (κ3) is 6.95. The second-order valence-corrected chi connectivity index (χ2v) is 8.31. The lowest BCUT2D eigenvalue weighted by atomic mass is 10.1. The number of thioether (sulfide) groups is 1. The largest absolute Gasteiger partial charge is 0.480 e. The van der Waals surface area contributed by atoms with Crippen LogP contribution in [0.15, 0.2) is 36.4 Å². The summed E-state index contributed by atoms with van der Waals surface area (Å²) in [4.78, 5) is 12.4. The minimum atomic E-state index is -0.484. The molecule has 1 amide bonds. The second kappa shape index (κ2) is 10.8. The smallest absolute Gasteiger partial charge is 0.261 e. The zero-order chi connectivity index (χ0) is 19.8. The van der Waals surface area contributed by atoms with Gasteiger partial charge in [-0.2, -0.15) is 11.8 Å². The van der Waals surface area contributed by atoms with Crippen LogP contribution in [0, 0.1) is 13.8 Å². The van der Waals surface area contributed by atoms with Crippen LogP contribution in [0.25, 0.3) is 0 Å². The van der Waals surface area contributed by atoms with Gasteiger partial charge in [0.25, 0.3) is 5.91 Å². The Bertz CT molecular complexity index is 783. The molecule has 1 atom stereocenters. The Morgan fingerprint density at radius 3 is 2.63 bits per heavy atom. The summed E-state index contributed by atoms with van der Waals surface area (Å²) in [7, 11) is 0. The molecule has 0 aliphatic rings. The zero-order valence-corrected chi connectivity index (χ0v) is 18.2. The van der Waals surface area contributed by atoms with Crippen LogP contribution in [0.5, 0.6) is 5.75 Å². The van der Waals surface area contributed by atoms with Gasteiger partial charge in [-0.05, 0) is 49.6 Å². The molecule has 0 aromatic heterocycles. The van der Waals surface area contributed by atoms with Gasteiger partial charge < -0.3 is 10.1 Å². The molecule has 0 aliphatic carbocycles. The SMILES string of the molecule is CC[C@@H](Oc1ccc(C)cc1C)C(=O)NCCSCc1ccc(Cl)cc1Cl. The second-order valence-electron chi connectivity index (χ2n) is 6.36. The van der Waals surface area contributed by atoms with E-state index in [1.54, 1.807) is 17.8 Å². The van der Waals surface area contributed by atoms with E-state index >= 15 is 0 Å². The molecular weight excluding hydrogens is 401 g/mol. The molecule has 0 saturated carbocycles. The third-order valence-corrected chi connectivity index (χ3v) is 5.68. The van der Waals surface area contributed by atoms with E-state index in [0.29, 0.717) is 23.0 Å². The minimum Gasteiger partial charge on any atom is -0.480 e. The highest BCUT2D eigenvalue weighted by Crippen LogP contribution is 2.24. The van der Waals surface area contributed by atoms with Gasteiger partial charge in [0.05, 0.1) is 0 Å². The highest BCUT2D eigenvalue weighted by Gasteiger charge is 2.18. The van der Waals surface area contributed by atoms with Gasteiger partial charge in [-0.3, -0.25) is 4.79 Å². The number of rotatable bonds is 9. The first-order valence-corrected chi connectivity index (χ1v) is 10.8. The highest BCUT2D eigenvalue weighted by atomic mass is 35.5. The molecule has 0 fully saturated rings. The molecule has 1 N–H and O–H groups in total. The van der Waals surface area contributed by atoms with Crippen LogP contribution in [-0.4, -0.2) is 24.3 Å². The van der Waals surface area contributed by atoms with Crippen LogP contribution in [0.2, 0.25) is 10.0 Å². The van der Waals surface area contributed by atoms with Crippen molar-refractivity contribution in [3.63, 3.8) is 0 Å². The predicted molar refractivity (Wildman–Crippen MR) is 116 cm³/mol. The maximum Gasteiger partial charge on any atom is 0.261 e. The number of ether oxygens (including phenoxy) is 1. The van der Waals surface area contributed by atoms with Crippen LogP contribution in [0.3, 0.4) is 0 Å². The minimum absolute atomic E-state index is 0.0809. The van der Waals surface area contributed by atoms with Crippen molar-refractivity contribution in [1.29, 1.82) is 0 Å². The van der Waals surface area contributed by atoms with Gasteiger partial charge in [0, 0.05) is 28.1 Å². The summed E-state index contributed by atoms with van der Waals surface area (Å²) in [6.07, 6.45) is 0.134. The van der Waals surface area contributed by atoms with Crippen LogP contribution < -0.4 is 10.1 Å². The Balaban J connectivity index is 1.76. The molecule has 146 valence electrons. The number of carbonyl (C=O) groups is 1. The monoisotopic (exact) mass is 425 g/mol. The average Bonchev–Trinajstić information content (AvgIpc) is 2.62. The molecular formula is C21H25Cl2NO2S. The first-order valence-electron chi connectivity index (χ1n) is 8.94. The summed E-state index contributed by atoms with van der Waals surface area (Å²) < 4.78 is 5.92. The molecule has 0 unspecified atom stereocenters. The lowest BCUT2D eigenvalue weighted by Crippen LogP contribution is -2.39. The van der Waals surface area contributed by atoms with Crippen molar-refractivity contribution in [2.45, 2.75) is 39.0 Å². The van der Waals surface area contributed by atoms with E-state index in [9.17, 15) is 4.79 Å². The maximum atomic E-state index is 12.4. The van der Waals surface area contributed by atoms with Crippen molar-refractivity contribution in [3.8, 4) is 5.75 Å². The summed E-state index contributed by atoms with van der Waals surface area (Å²) in [5.41, 5.74) is 3.26. The Morgan fingerprint density at radius 2 is 1.96 bits per heavy atom. The molecule has 0 spiro atoms. The van der Waals surface area contributed by atoms with Gasteiger partial charge in [0.15, 0.2) is 6.10 Å². The van der Waals surface area contributed by atoms with Gasteiger partial charge >= 0.3 is 0 Å². The summed E-state index contributed by atoms with van der Waals surface area (Å²) in [5.74, 6) is 2.25. The Kier molecular flexibility index (Phi) is 8.81. The van der Waals surface area contributed by atoms with Crippen LogP contribution in [0.1, 0.15) is 30.0 Å². The van der Waals surface area contributed by atoms with Gasteiger partial charge in [0.2, 0.25) is 0 Å². The molecule has 0 bridgehead atoms. The lowest BCUT2D eigenvalue weighted by Gasteiger charge is -2.19. The van der Waals surface area contributed by atoms with E-state index in [1.165, 1.54) is 5.56 Å². The fourth-order valence-corrected chi connectivity index (χ4v) is 4.01. The molecule has 2 rings (SSSR count). The third-order valence-electron chi connectivity index (χ3n) is 4.08. The number of hydrogen-bond acceptors (Lipinski definition) is 3. The van der Waals surface area contributed by atoms with Crippen molar-refractivity contribution >= 4 is 40.9 Å². The Labute approximate surface area is 175 Å². The van der Waals surface area contributed by atoms with E-state index in [0.717, 1.165) is 28.4 Å². The quantitative estimate of drug-likeness (QED) is 0.514. The van der Waals surface area contributed by atoms with Crippen molar-refractivity contribution in [1.82, 2.24) is 5.32 Å². The summed E-state index contributed by atoms with van der Waals surface area (Å²) in [5, 5.41) is 4.26. The van der Waals surface area contributed by atoms with E-state index in [-0.39, 0.29) is 5.91 Å². The molecule has 2 aromatic rings. The van der Waals surface area contributed by atoms with Gasteiger partial charge in [0.1, 0.15) is 5.75 Å². The average molecular weight is 426 g/mol. The van der Waals surface area contributed by atoms with E-state index in [4.69, 9.17) is 27.9 Å². The number of benzene rings is 2. The fourth-order valence-electron chi connectivity index (χ4n) is 2.59. The standard InChI is InChI=1S/C21H25Cl2NO2S/c1-4-19(26-20-8-5-14(2)11-15(20)3)21(25)24-9-10-27-13-16-6-7-17(22)12-18(16)23/h5-8,11-12,19H,4,9-10,13H2,1-3H3,(H,24,25)/t19-/m1/s1. The van der Waals surface area contributed by atoms with Gasteiger partial charge in [-0.15, -0.1) is 0 Å². The van der Waals surface area contributed by atoms with Gasteiger partial charge in [-0.1, -0.05) is 53.9 Å². The number of nitrogens with one attached hydrogen (secondary N) is 1. The van der Waals surface area contributed by atoms with Crippen molar-refractivity contribution in [3.05, 3.63) is 63.1 Å². The van der Waals surface area contributed by atoms with E-state index < -0.39 is 6.10 Å². The number of aryl methyl sites for hydroxylation is 2. The topological polar surface area (TPSA) is 38.3 Å². The zero-order valence-electron chi connectivity index (χ0n) is 15.9. The molecule has 2 aromatic carbocycles. The van der Waals surface area contributed by atoms with Crippen molar-refractivity contribution in [2.24, 2.45) is 0 Å². The lowest BCUT2D eigenvalue weighted by molar-refractivity contribution is -0.128. The number of hydrogen-bond donors (Lipinski definition) is 1.